The van der Waals surface area contributed by atoms with E-state index in [0.717, 1.165) is 39.4 Å². The molecule has 0 aromatic heterocycles. The summed E-state index contributed by atoms with van der Waals surface area (Å²) in [6, 6.07) is 17.0. The molecule has 0 spiro atoms. The van der Waals surface area contributed by atoms with Crippen molar-refractivity contribution in [1.29, 1.82) is 0 Å². The number of nitrogens with zero attached hydrogens (tertiary/aromatic N) is 2. The van der Waals surface area contributed by atoms with Crippen LogP contribution in [-0.4, -0.2) is 54.7 Å². The highest BCUT2D eigenvalue weighted by atomic mass is 16.3. The van der Waals surface area contributed by atoms with Crippen molar-refractivity contribution in [2.45, 2.75) is 27.7 Å². The van der Waals surface area contributed by atoms with E-state index in [2.05, 4.69) is 26.9 Å². The Bertz CT molecular complexity index is 1260. The molecule has 4 rings (SSSR count). The number of carbonyl (C=O) groups excluding carboxylic acids is 2. The topological polar surface area (TPSA) is 96.9 Å². The standard InChI is InChI=1S/C29H35N5O3/c1-19-5-10-26(20(2)15-19)30-18-27(36)31-23-6-8-24(9-7-23)33-11-13-34(14-12-33)29(37)32-28-21(3)16-25(35)17-22(28)4/h5-10,15-17,30,35H,11-14,18H2,1-4H3,(H,31,36)(H,32,37). The van der Waals surface area contributed by atoms with Gasteiger partial charge in [0.05, 0.1) is 6.54 Å². The quantitative estimate of drug-likeness (QED) is 0.355. The van der Waals surface area contributed by atoms with Crippen LogP contribution >= 0.6 is 0 Å². The molecule has 3 aromatic rings. The van der Waals surface area contributed by atoms with Crippen LogP contribution in [0.25, 0.3) is 0 Å². The molecule has 0 atom stereocenters. The summed E-state index contributed by atoms with van der Waals surface area (Å²) in [6.45, 7) is 10.6. The number of aromatic hydroxyl groups is 1. The molecule has 3 amide bonds. The second kappa shape index (κ2) is 11.2. The summed E-state index contributed by atoms with van der Waals surface area (Å²) in [5, 5.41) is 18.8. The van der Waals surface area contributed by atoms with Crippen LogP contribution in [0.5, 0.6) is 5.75 Å². The van der Waals surface area contributed by atoms with Gasteiger partial charge in [-0.3, -0.25) is 4.79 Å². The molecule has 1 saturated heterocycles. The van der Waals surface area contributed by atoms with Crippen molar-refractivity contribution in [3.05, 3.63) is 76.9 Å². The van der Waals surface area contributed by atoms with Crippen LogP contribution in [0.4, 0.5) is 27.5 Å². The summed E-state index contributed by atoms with van der Waals surface area (Å²) in [5.41, 5.74) is 7.46. The molecule has 3 aromatic carbocycles. The van der Waals surface area contributed by atoms with E-state index in [9.17, 15) is 14.7 Å². The largest absolute Gasteiger partial charge is 0.508 e. The molecule has 1 aliphatic rings. The zero-order valence-corrected chi connectivity index (χ0v) is 21.9. The second-order valence-corrected chi connectivity index (χ2v) is 9.63. The first kappa shape index (κ1) is 25.9. The number of rotatable bonds is 6. The summed E-state index contributed by atoms with van der Waals surface area (Å²) in [7, 11) is 0. The molecule has 0 radical (unpaired) electrons. The number of hydrogen-bond acceptors (Lipinski definition) is 5. The summed E-state index contributed by atoms with van der Waals surface area (Å²) in [5.74, 6) is 0.0904. The van der Waals surface area contributed by atoms with Gasteiger partial charge in [0.2, 0.25) is 5.91 Å². The number of anilines is 4. The van der Waals surface area contributed by atoms with Gasteiger partial charge in [-0.1, -0.05) is 17.7 Å². The summed E-state index contributed by atoms with van der Waals surface area (Å²) < 4.78 is 0. The van der Waals surface area contributed by atoms with E-state index < -0.39 is 0 Å². The van der Waals surface area contributed by atoms with Crippen LogP contribution in [0.2, 0.25) is 0 Å². The molecule has 0 unspecified atom stereocenters. The Balaban J connectivity index is 1.25. The molecular formula is C29H35N5O3. The first-order valence-electron chi connectivity index (χ1n) is 12.5. The molecule has 194 valence electrons. The predicted molar refractivity (Wildman–Crippen MR) is 150 cm³/mol. The van der Waals surface area contributed by atoms with Crippen LogP contribution in [0.1, 0.15) is 22.3 Å². The van der Waals surface area contributed by atoms with Crippen LogP contribution in [0, 0.1) is 27.7 Å². The van der Waals surface area contributed by atoms with Gasteiger partial charge in [0.1, 0.15) is 5.75 Å². The normalized spacial score (nSPS) is 13.3. The Morgan fingerprint density at radius 1 is 0.811 bits per heavy atom. The molecule has 0 aliphatic carbocycles. The average Bonchev–Trinajstić information content (AvgIpc) is 2.86. The Kier molecular flexibility index (Phi) is 7.86. The van der Waals surface area contributed by atoms with Crippen molar-refractivity contribution in [3.63, 3.8) is 0 Å². The SMILES string of the molecule is Cc1ccc(NCC(=O)Nc2ccc(N3CCN(C(=O)Nc4c(C)cc(O)cc4C)CC3)cc2)c(C)c1. The van der Waals surface area contributed by atoms with Crippen molar-refractivity contribution in [3.8, 4) is 5.75 Å². The van der Waals surface area contributed by atoms with Crippen LogP contribution < -0.4 is 20.9 Å². The van der Waals surface area contributed by atoms with Crippen LogP contribution in [-0.2, 0) is 4.79 Å². The lowest BCUT2D eigenvalue weighted by Gasteiger charge is -2.36. The number of phenols is 1. The fourth-order valence-corrected chi connectivity index (χ4v) is 4.64. The van der Waals surface area contributed by atoms with Gasteiger partial charge in [-0.2, -0.15) is 0 Å². The van der Waals surface area contributed by atoms with E-state index in [1.54, 1.807) is 17.0 Å². The first-order valence-corrected chi connectivity index (χ1v) is 12.5. The number of aryl methyl sites for hydroxylation is 4. The maximum absolute atomic E-state index is 12.8. The van der Waals surface area contributed by atoms with E-state index in [1.807, 2.05) is 64.1 Å². The molecular weight excluding hydrogens is 466 g/mol. The summed E-state index contributed by atoms with van der Waals surface area (Å²) in [6.07, 6.45) is 0. The number of hydrogen-bond donors (Lipinski definition) is 4. The number of carbonyl (C=O) groups is 2. The molecule has 1 heterocycles. The summed E-state index contributed by atoms with van der Waals surface area (Å²) >= 11 is 0. The minimum absolute atomic E-state index is 0.105. The molecule has 1 aliphatic heterocycles. The number of phenolic OH excluding ortho intramolecular Hbond substituents is 1. The van der Waals surface area contributed by atoms with E-state index >= 15 is 0 Å². The van der Waals surface area contributed by atoms with Gasteiger partial charge in [0.25, 0.3) is 0 Å². The molecule has 0 bridgehead atoms. The monoisotopic (exact) mass is 501 g/mol. The number of amides is 3. The first-order chi connectivity index (χ1) is 17.7. The Hall–Kier alpha value is -4.20. The van der Waals surface area contributed by atoms with Crippen molar-refractivity contribution >= 4 is 34.7 Å². The van der Waals surface area contributed by atoms with Gasteiger partial charge in [0.15, 0.2) is 0 Å². The van der Waals surface area contributed by atoms with Crippen LogP contribution in [0.15, 0.2) is 54.6 Å². The zero-order valence-electron chi connectivity index (χ0n) is 21.9. The highest BCUT2D eigenvalue weighted by molar-refractivity contribution is 5.94. The highest BCUT2D eigenvalue weighted by Crippen LogP contribution is 2.26. The van der Waals surface area contributed by atoms with Gasteiger partial charge in [-0.25, -0.2) is 4.79 Å². The molecule has 4 N–H and O–H groups in total. The average molecular weight is 502 g/mol. The third-order valence-corrected chi connectivity index (χ3v) is 6.65. The van der Waals surface area contributed by atoms with Crippen LogP contribution in [0.3, 0.4) is 0 Å². The van der Waals surface area contributed by atoms with Gasteiger partial charge in [0, 0.05) is 48.9 Å². The number of nitrogens with one attached hydrogen (secondary N) is 3. The molecule has 8 heteroatoms. The molecule has 1 fully saturated rings. The lowest BCUT2D eigenvalue weighted by atomic mass is 10.1. The maximum Gasteiger partial charge on any atom is 0.321 e. The molecule has 37 heavy (non-hydrogen) atoms. The number of benzene rings is 3. The summed E-state index contributed by atoms with van der Waals surface area (Å²) in [4.78, 5) is 29.2. The van der Waals surface area contributed by atoms with E-state index in [0.29, 0.717) is 26.2 Å². The minimum Gasteiger partial charge on any atom is -0.508 e. The maximum atomic E-state index is 12.8. The second-order valence-electron chi connectivity index (χ2n) is 9.63. The van der Waals surface area contributed by atoms with Crippen molar-refractivity contribution in [2.75, 3.05) is 53.6 Å². The van der Waals surface area contributed by atoms with Crippen molar-refractivity contribution in [1.82, 2.24) is 4.90 Å². The van der Waals surface area contributed by atoms with Gasteiger partial charge >= 0.3 is 6.03 Å². The molecule has 8 nitrogen and oxygen atoms in total. The Morgan fingerprint density at radius 3 is 2.08 bits per heavy atom. The molecule has 0 saturated carbocycles. The van der Waals surface area contributed by atoms with Crippen molar-refractivity contribution in [2.24, 2.45) is 0 Å². The fraction of sp³-hybridized carbons (Fsp3) is 0.310. The fourth-order valence-electron chi connectivity index (χ4n) is 4.64. The lowest BCUT2D eigenvalue weighted by molar-refractivity contribution is -0.114. The Morgan fingerprint density at radius 2 is 1.46 bits per heavy atom. The number of urea groups is 1. The van der Waals surface area contributed by atoms with Gasteiger partial charge in [-0.05, 0) is 86.8 Å². The predicted octanol–water partition coefficient (Wildman–Crippen LogP) is 5.03. The van der Waals surface area contributed by atoms with Gasteiger partial charge < -0.3 is 30.9 Å². The third kappa shape index (κ3) is 6.52. The van der Waals surface area contributed by atoms with E-state index in [4.69, 9.17) is 0 Å². The van der Waals surface area contributed by atoms with E-state index in [-0.39, 0.29) is 24.2 Å². The number of piperazine rings is 1. The zero-order chi connectivity index (χ0) is 26.5. The Labute approximate surface area is 218 Å². The van der Waals surface area contributed by atoms with Crippen molar-refractivity contribution < 1.29 is 14.7 Å². The lowest BCUT2D eigenvalue weighted by Crippen LogP contribution is -2.50. The van der Waals surface area contributed by atoms with Gasteiger partial charge in [-0.15, -0.1) is 0 Å². The minimum atomic E-state index is -0.135. The smallest absolute Gasteiger partial charge is 0.321 e. The van der Waals surface area contributed by atoms with E-state index in [1.165, 1.54) is 5.56 Å². The highest BCUT2D eigenvalue weighted by Gasteiger charge is 2.22. The third-order valence-electron chi connectivity index (χ3n) is 6.65.